The predicted octanol–water partition coefficient (Wildman–Crippen LogP) is 2.63. The van der Waals surface area contributed by atoms with Gasteiger partial charge in [0.15, 0.2) is 0 Å². The summed E-state index contributed by atoms with van der Waals surface area (Å²) < 4.78 is 4.69. The normalized spacial score (nSPS) is 10.1. The topological polar surface area (TPSA) is 46.5 Å². The molecular weight excluding hydrogens is 228 g/mol. The second kappa shape index (κ2) is 5.47. The van der Waals surface area contributed by atoms with Gasteiger partial charge in [0, 0.05) is 0 Å². The van der Waals surface area contributed by atoms with Crippen LogP contribution in [-0.2, 0) is 11.3 Å². The fraction of sp³-hybridized carbons (Fsp3) is 0.133. The molecule has 0 amide bonds. The molecule has 1 N–H and O–H groups in total. The highest BCUT2D eigenvalue weighted by Gasteiger charge is 2.06. The van der Waals surface area contributed by atoms with Crippen molar-refractivity contribution in [1.82, 2.24) is 0 Å². The van der Waals surface area contributed by atoms with Crippen molar-refractivity contribution in [3.05, 3.63) is 59.7 Å². The van der Waals surface area contributed by atoms with E-state index in [4.69, 9.17) is 9.84 Å². The number of carbonyl (C=O) groups is 1. The lowest BCUT2D eigenvalue weighted by molar-refractivity contribution is 0.0601. The number of ether oxygens (including phenoxy) is 1. The largest absolute Gasteiger partial charge is 0.465 e. The van der Waals surface area contributed by atoms with Gasteiger partial charge in [-0.2, -0.15) is 0 Å². The monoisotopic (exact) mass is 242 g/mol. The fourth-order valence-corrected chi connectivity index (χ4v) is 1.75. The second-order valence-electron chi connectivity index (χ2n) is 3.93. The first-order chi connectivity index (χ1) is 8.74. The Labute approximate surface area is 106 Å². The van der Waals surface area contributed by atoms with E-state index in [1.807, 2.05) is 36.4 Å². The van der Waals surface area contributed by atoms with E-state index in [2.05, 4.69) is 0 Å². The summed E-state index contributed by atoms with van der Waals surface area (Å²) in [5, 5.41) is 8.99. The molecule has 92 valence electrons. The van der Waals surface area contributed by atoms with Crippen LogP contribution in [0.1, 0.15) is 15.9 Å². The van der Waals surface area contributed by atoms with Crippen molar-refractivity contribution in [2.75, 3.05) is 7.11 Å². The smallest absolute Gasteiger partial charge is 0.337 e. The summed E-state index contributed by atoms with van der Waals surface area (Å²) in [6, 6.07) is 14.8. The van der Waals surface area contributed by atoms with Crippen LogP contribution in [0, 0.1) is 0 Å². The van der Waals surface area contributed by atoms with Crippen LogP contribution in [0.15, 0.2) is 48.5 Å². The molecule has 0 saturated carbocycles. The lowest BCUT2D eigenvalue weighted by Gasteiger charge is -2.05. The molecule has 2 aromatic carbocycles. The summed E-state index contributed by atoms with van der Waals surface area (Å²) in [5.74, 6) is -0.344. The molecule has 0 aromatic heterocycles. The molecule has 2 aromatic rings. The van der Waals surface area contributed by atoms with Gasteiger partial charge in [-0.05, 0) is 28.8 Å². The van der Waals surface area contributed by atoms with E-state index < -0.39 is 0 Å². The number of esters is 1. The number of methoxy groups -OCH3 is 1. The predicted molar refractivity (Wildman–Crippen MR) is 69.1 cm³/mol. The van der Waals surface area contributed by atoms with Gasteiger partial charge in [0.1, 0.15) is 0 Å². The Balaban J connectivity index is 2.35. The molecule has 0 bridgehead atoms. The summed E-state index contributed by atoms with van der Waals surface area (Å²) in [4.78, 5) is 11.4. The van der Waals surface area contributed by atoms with Crippen LogP contribution in [0.25, 0.3) is 11.1 Å². The minimum absolute atomic E-state index is 0.0302. The van der Waals surface area contributed by atoms with Crippen LogP contribution in [-0.4, -0.2) is 18.2 Å². The first-order valence-corrected chi connectivity index (χ1v) is 5.63. The third-order valence-corrected chi connectivity index (χ3v) is 2.75. The summed E-state index contributed by atoms with van der Waals surface area (Å²) in [5.41, 5.74) is 3.34. The van der Waals surface area contributed by atoms with Crippen LogP contribution in [0.2, 0.25) is 0 Å². The maximum Gasteiger partial charge on any atom is 0.337 e. The molecule has 0 aliphatic rings. The Morgan fingerprint density at radius 1 is 1.11 bits per heavy atom. The Hall–Kier alpha value is -2.13. The van der Waals surface area contributed by atoms with E-state index in [0.717, 1.165) is 16.7 Å². The molecule has 0 spiro atoms. The summed E-state index contributed by atoms with van der Waals surface area (Å²) in [7, 11) is 1.37. The number of aliphatic hydroxyl groups excluding tert-OH is 1. The second-order valence-corrected chi connectivity index (χ2v) is 3.93. The molecule has 0 radical (unpaired) electrons. The van der Waals surface area contributed by atoms with E-state index in [-0.39, 0.29) is 12.6 Å². The van der Waals surface area contributed by atoms with Crippen molar-refractivity contribution in [2.45, 2.75) is 6.61 Å². The summed E-state index contributed by atoms with van der Waals surface area (Å²) in [6.45, 7) is 0.0302. The van der Waals surface area contributed by atoms with Gasteiger partial charge in [0.2, 0.25) is 0 Å². The minimum atomic E-state index is -0.344. The molecule has 0 aliphatic heterocycles. The fourth-order valence-electron chi connectivity index (χ4n) is 1.75. The van der Waals surface area contributed by atoms with Crippen molar-refractivity contribution in [1.29, 1.82) is 0 Å². The Bertz CT molecular complexity index is 544. The van der Waals surface area contributed by atoms with Crippen LogP contribution in [0.5, 0.6) is 0 Å². The van der Waals surface area contributed by atoms with Gasteiger partial charge >= 0.3 is 5.97 Å². The van der Waals surface area contributed by atoms with E-state index >= 15 is 0 Å². The van der Waals surface area contributed by atoms with Gasteiger partial charge in [-0.25, -0.2) is 4.79 Å². The molecule has 0 atom stereocenters. The average molecular weight is 242 g/mol. The molecule has 2 rings (SSSR count). The minimum Gasteiger partial charge on any atom is -0.465 e. The molecule has 0 fully saturated rings. The molecule has 0 aliphatic carbocycles. The molecule has 0 heterocycles. The van der Waals surface area contributed by atoms with Gasteiger partial charge in [-0.1, -0.05) is 36.4 Å². The zero-order valence-electron chi connectivity index (χ0n) is 10.1. The average Bonchev–Trinajstić information content (AvgIpc) is 2.46. The third kappa shape index (κ3) is 2.57. The zero-order valence-corrected chi connectivity index (χ0v) is 10.1. The Kier molecular flexibility index (Phi) is 3.75. The first kappa shape index (κ1) is 12.3. The van der Waals surface area contributed by atoms with Crippen molar-refractivity contribution < 1.29 is 14.6 Å². The van der Waals surface area contributed by atoms with Crippen molar-refractivity contribution in [3.63, 3.8) is 0 Å². The quantitative estimate of drug-likeness (QED) is 0.841. The number of carbonyl (C=O) groups excluding carboxylic acids is 1. The zero-order chi connectivity index (χ0) is 13.0. The molecule has 3 heteroatoms. The molecular formula is C15H14O3. The molecule has 18 heavy (non-hydrogen) atoms. The summed E-state index contributed by atoms with van der Waals surface area (Å²) >= 11 is 0. The number of hydrogen-bond acceptors (Lipinski definition) is 3. The number of benzene rings is 2. The molecule has 0 saturated heterocycles. The van der Waals surface area contributed by atoms with Crippen molar-refractivity contribution in [2.24, 2.45) is 0 Å². The lowest BCUT2D eigenvalue weighted by atomic mass is 10.0. The number of rotatable bonds is 3. The maximum absolute atomic E-state index is 11.4. The first-order valence-electron chi connectivity index (χ1n) is 5.63. The third-order valence-electron chi connectivity index (χ3n) is 2.75. The maximum atomic E-state index is 11.4. The van der Waals surface area contributed by atoms with E-state index in [9.17, 15) is 4.79 Å². The van der Waals surface area contributed by atoms with Crippen LogP contribution in [0.3, 0.4) is 0 Å². The Morgan fingerprint density at radius 2 is 1.83 bits per heavy atom. The molecule has 0 unspecified atom stereocenters. The molecule has 3 nitrogen and oxygen atoms in total. The van der Waals surface area contributed by atoms with Crippen LogP contribution >= 0.6 is 0 Å². The highest BCUT2D eigenvalue weighted by atomic mass is 16.5. The van der Waals surface area contributed by atoms with Crippen molar-refractivity contribution in [3.8, 4) is 11.1 Å². The van der Waals surface area contributed by atoms with Gasteiger partial charge in [0.05, 0.1) is 19.3 Å². The standard InChI is InChI=1S/C15H14O3/c1-18-15(17)14-4-2-3-13(9-14)12-7-5-11(10-16)6-8-12/h2-9,16H,10H2,1H3. The van der Waals surface area contributed by atoms with E-state index in [1.165, 1.54) is 7.11 Å². The summed E-state index contributed by atoms with van der Waals surface area (Å²) in [6.07, 6.45) is 0. The van der Waals surface area contributed by atoms with Gasteiger partial charge in [-0.3, -0.25) is 0 Å². The van der Waals surface area contributed by atoms with Gasteiger partial charge in [-0.15, -0.1) is 0 Å². The van der Waals surface area contributed by atoms with E-state index in [0.29, 0.717) is 5.56 Å². The Morgan fingerprint density at radius 3 is 2.44 bits per heavy atom. The lowest BCUT2D eigenvalue weighted by Crippen LogP contribution is -2.00. The van der Waals surface area contributed by atoms with Crippen LogP contribution < -0.4 is 0 Å². The number of hydrogen-bond donors (Lipinski definition) is 1. The van der Waals surface area contributed by atoms with Gasteiger partial charge < -0.3 is 9.84 Å². The van der Waals surface area contributed by atoms with Crippen molar-refractivity contribution >= 4 is 5.97 Å². The SMILES string of the molecule is COC(=O)c1cccc(-c2ccc(CO)cc2)c1. The van der Waals surface area contributed by atoms with Gasteiger partial charge in [0.25, 0.3) is 0 Å². The number of aliphatic hydroxyl groups is 1. The van der Waals surface area contributed by atoms with E-state index in [1.54, 1.807) is 12.1 Å². The van der Waals surface area contributed by atoms with Crippen LogP contribution in [0.4, 0.5) is 0 Å². The highest BCUT2D eigenvalue weighted by molar-refractivity contribution is 5.90. The highest BCUT2D eigenvalue weighted by Crippen LogP contribution is 2.21.